The summed E-state index contributed by atoms with van der Waals surface area (Å²) in [6.45, 7) is 6.43. The fourth-order valence-electron chi connectivity index (χ4n) is 2.07. The van der Waals surface area contributed by atoms with E-state index < -0.39 is 0 Å². The average Bonchev–Trinajstić information content (AvgIpc) is 2.69. The van der Waals surface area contributed by atoms with Gasteiger partial charge in [-0.15, -0.1) is 0 Å². The number of H-pyrrole nitrogens is 1. The van der Waals surface area contributed by atoms with Gasteiger partial charge >= 0.3 is 0 Å². The Kier molecular flexibility index (Phi) is 3.79. The van der Waals surface area contributed by atoms with E-state index in [0.29, 0.717) is 0 Å². The molecular formula is C14H21N3. The molecule has 0 unspecified atom stereocenters. The Morgan fingerprint density at radius 3 is 2.94 bits per heavy atom. The molecule has 0 aliphatic heterocycles. The Balaban J connectivity index is 2.15. The van der Waals surface area contributed by atoms with Crippen molar-refractivity contribution in [3.05, 3.63) is 29.5 Å². The molecule has 3 heteroatoms. The van der Waals surface area contributed by atoms with Gasteiger partial charge in [0.1, 0.15) is 0 Å². The first kappa shape index (κ1) is 12.1. The first-order valence-electron chi connectivity index (χ1n) is 6.33. The highest BCUT2D eigenvalue weighted by atomic mass is 15.2. The van der Waals surface area contributed by atoms with Crippen LogP contribution in [0.5, 0.6) is 0 Å². The van der Waals surface area contributed by atoms with Crippen molar-refractivity contribution in [2.24, 2.45) is 0 Å². The quantitative estimate of drug-likeness (QED) is 0.857. The van der Waals surface area contributed by atoms with Crippen molar-refractivity contribution in [1.82, 2.24) is 15.1 Å². The van der Waals surface area contributed by atoms with Crippen LogP contribution in [0.15, 0.2) is 18.2 Å². The third kappa shape index (κ3) is 2.86. The first-order chi connectivity index (χ1) is 8.20. The second-order valence-electron chi connectivity index (χ2n) is 4.81. The smallest absolute Gasteiger partial charge is 0.0924 e. The largest absolute Gasteiger partial charge is 0.301 e. The Morgan fingerprint density at radius 1 is 1.35 bits per heavy atom. The molecule has 0 bridgehead atoms. The highest BCUT2D eigenvalue weighted by Crippen LogP contribution is 2.18. The predicted octanol–water partition coefficient (Wildman–Crippen LogP) is 3.10. The number of fused-ring (bicyclic) bond motifs is 1. The number of aryl methyl sites for hydroxylation is 1. The van der Waals surface area contributed by atoms with E-state index in [1.165, 1.54) is 29.5 Å². The molecule has 0 spiro atoms. The van der Waals surface area contributed by atoms with Crippen LogP contribution < -0.4 is 0 Å². The third-order valence-electron chi connectivity index (χ3n) is 3.11. The Hall–Kier alpha value is -1.35. The third-order valence-corrected chi connectivity index (χ3v) is 3.11. The molecule has 2 aromatic rings. The van der Waals surface area contributed by atoms with Crippen LogP contribution in [0.25, 0.3) is 10.9 Å². The maximum atomic E-state index is 4.34. The van der Waals surface area contributed by atoms with Gasteiger partial charge in [0.05, 0.1) is 11.2 Å². The summed E-state index contributed by atoms with van der Waals surface area (Å²) in [7, 11) is 2.16. The van der Waals surface area contributed by atoms with E-state index in [4.69, 9.17) is 0 Å². The van der Waals surface area contributed by atoms with Crippen LogP contribution in [-0.4, -0.2) is 28.7 Å². The molecule has 3 nitrogen and oxygen atoms in total. The number of nitrogens with zero attached hydrogens (tertiary/aromatic N) is 2. The zero-order chi connectivity index (χ0) is 12.3. The number of unbranched alkanes of at least 4 members (excludes halogenated alkanes) is 1. The Bertz CT molecular complexity index is 487. The Morgan fingerprint density at radius 2 is 2.18 bits per heavy atom. The van der Waals surface area contributed by atoms with E-state index in [-0.39, 0.29) is 0 Å². The van der Waals surface area contributed by atoms with Gasteiger partial charge in [-0.25, -0.2) is 0 Å². The van der Waals surface area contributed by atoms with Crippen molar-refractivity contribution in [2.75, 3.05) is 13.6 Å². The lowest BCUT2D eigenvalue weighted by Crippen LogP contribution is -2.19. The molecule has 0 saturated heterocycles. The monoisotopic (exact) mass is 231 g/mol. The molecule has 0 radical (unpaired) electrons. The van der Waals surface area contributed by atoms with Crippen molar-refractivity contribution >= 4 is 10.9 Å². The van der Waals surface area contributed by atoms with Crippen molar-refractivity contribution in [3.8, 4) is 0 Å². The highest BCUT2D eigenvalue weighted by molar-refractivity contribution is 5.81. The standard InChI is InChI=1S/C14H21N3/c1-4-5-8-17(3)10-14-12-9-11(2)6-7-13(12)15-16-14/h6-7,9H,4-5,8,10H2,1-3H3,(H,15,16). The van der Waals surface area contributed by atoms with Gasteiger partial charge in [0.2, 0.25) is 0 Å². The second-order valence-corrected chi connectivity index (χ2v) is 4.81. The molecule has 1 aromatic carbocycles. The van der Waals surface area contributed by atoms with E-state index in [2.05, 4.69) is 54.2 Å². The molecule has 0 aliphatic carbocycles. The zero-order valence-electron chi connectivity index (χ0n) is 11.0. The minimum absolute atomic E-state index is 0.944. The van der Waals surface area contributed by atoms with E-state index >= 15 is 0 Å². The van der Waals surface area contributed by atoms with Crippen LogP contribution in [0.2, 0.25) is 0 Å². The minimum atomic E-state index is 0.944. The van der Waals surface area contributed by atoms with Gasteiger partial charge in [-0.05, 0) is 39.1 Å². The molecule has 0 atom stereocenters. The molecule has 2 rings (SSSR count). The number of nitrogens with one attached hydrogen (secondary N) is 1. The van der Waals surface area contributed by atoms with Crippen molar-refractivity contribution in [3.63, 3.8) is 0 Å². The summed E-state index contributed by atoms with van der Waals surface area (Å²) in [6.07, 6.45) is 2.49. The normalized spacial score (nSPS) is 11.5. The van der Waals surface area contributed by atoms with Crippen LogP contribution in [-0.2, 0) is 6.54 Å². The lowest BCUT2D eigenvalue weighted by Gasteiger charge is -2.14. The lowest BCUT2D eigenvalue weighted by atomic mass is 10.1. The molecule has 0 fully saturated rings. The number of hydrogen-bond acceptors (Lipinski definition) is 2. The van der Waals surface area contributed by atoms with Crippen molar-refractivity contribution < 1.29 is 0 Å². The van der Waals surface area contributed by atoms with Gasteiger partial charge < -0.3 is 4.90 Å². The molecule has 1 N–H and O–H groups in total. The zero-order valence-corrected chi connectivity index (χ0v) is 11.0. The first-order valence-corrected chi connectivity index (χ1v) is 6.33. The fraction of sp³-hybridized carbons (Fsp3) is 0.500. The van der Waals surface area contributed by atoms with Gasteiger partial charge in [0, 0.05) is 11.9 Å². The van der Waals surface area contributed by atoms with Crippen molar-refractivity contribution in [1.29, 1.82) is 0 Å². The molecule has 1 aromatic heterocycles. The van der Waals surface area contributed by atoms with Crippen LogP contribution >= 0.6 is 0 Å². The topological polar surface area (TPSA) is 31.9 Å². The molecule has 0 amide bonds. The number of aromatic nitrogens is 2. The summed E-state index contributed by atoms with van der Waals surface area (Å²) >= 11 is 0. The summed E-state index contributed by atoms with van der Waals surface area (Å²) in [4.78, 5) is 2.35. The molecule has 92 valence electrons. The SMILES string of the molecule is CCCCN(C)Cc1[nH]nc2ccc(C)cc12. The number of aromatic amines is 1. The summed E-state index contributed by atoms with van der Waals surface area (Å²) < 4.78 is 0. The predicted molar refractivity (Wildman–Crippen MR) is 72.1 cm³/mol. The Labute approximate surface area is 103 Å². The van der Waals surface area contributed by atoms with Crippen LogP contribution in [0, 0.1) is 6.92 Å². The highest BCUT2D eigenvalue weighted by Gasteiger charge is 2.07. The maximum Gasteiger partial charge on any atom is 0.0924 e. The fourth-order valence-corrected chi connectivity index (χ4v) is 2.07. The molecule has 0 aliphatic rings. The number of hydrogen-bond donors (Lipinski definition) is 1. The van der Waals surface area contributed by atoms with Crippen LogP contribution in [0.4, 0.5) is 0 Å². The van der Waals surface area contributed by atoms with E-state index in [9.17, 15) is 0 Å². The summed E-state index contributed by atoms with van der Waals surface area (Å²) in [5.74, 6) is 0. The van der Waals surface area contributed by atoms with Crippen LogP contribution in [0.1, 0.15) is 31.0 Å². The van der Waals surface area contributed by atoms with Gasteiger partial charge in [-0.1, -0.05) is 25.0 Å². The number of rotatable bonds is 5. The van der Waals surface area contributed by atoms with Gasteiger partial charge in [0.25, 0.3) is 0 Å². The molecule has 17 heavy (non-hydrogen) atoms. The second kappa shape index (κ2) is 5.32. The molecule has 1 heterocycles. The van der Waals surface area contributed by atoms with Crippen molar-refractivity contribution in [2.45, 2.75) is 33.2 Å². The van der Waals surface area contributed by atoms with E-state index in [1.807, 2.05) is 0 Å². The minimum Gasteiger partial charge on any atom is -0.301 e. The van der Waals surface area contributed by atoms with E-state index in [0.717, 1.165) is 18.6 Å². The van der Waals surface area contributed by atoms with Gasteiger partial charge in [-0.2, -0.15) is 5.10 Å². The molecular weight excluding hydrogens is 210 g/mol. The summed E-state index contributed by atoms with van der Waals surface area (Å²) in [5, 5.41) is 8.76. The summed E-state index contributed by atoms with van der Waals surface area (Å²) in [5.41, 5.74) is 3.58. The van der Waals surface area contributed by atoms with Crippen LogP contribution in [0.3, 0.4) is 0 Å². The lowest BCUT2D eigenvalue weighted by molar-refractivity contribution is 0.318. The number of benzene rings is 1. The summed E-state index contributed by atoms with van der Waals surface area (Å²) in [6, 6.07) is 6.40. The average molecular weight is 231 g/mol. The molecule has 0 saturated carbocycles. The van der Waals surface area contributed by atoms with Gasteiger partial charge in [-0.3, -0.25) is 5.10 Å². The van der Waals surface area contributed by atoms with Gasteiger partial charge in [0.15, 0.2) is 0 Å². The van der Waals surface area contributed by atoms with E-state index in [1.54, 1.807) is 0 Å². The maximum absolute atomic E-state index is 4.34.